The molecule has 29 heavy (non-hydrogen) atoms. The Morgan fingerprint density at radius 3 is 2.69 bits per heavy atom. The Hall–Kier alpha value is -2.86. The lowest BCUT2D eigenvalue weighted by molar-refractivity contribution is -0.145. The van der Waals surface area contributed by atoms with E-state index in [0.29, 0.717) is 22.0 Å². The Balaban J connectivity index is 1.30. The first-order valence-corrected chi connectivity index (χ1v) is 10.1. The summed E-state index contributed by atoms with van der Waals surface area (Å²) in [5, 5.41) is 6.10. The average Bonchev–Trinajstić information content (AvgIpc) is 3.32. The van der Waals surface area contributed by atoms with Crippen LogP contribution < -0.4 is 10.6 Å². The third-order valence-electron chi connectivity index (χ3n) is 6.30. The van der Waals surface area contributed by atoms with E-state index in [1.54, 1.807) is 48.5 Å². The number of ether oxygens (including phenoxy) is 1. The standard InChI is InChI=1S/C22H19ClN2O4/c23-15-6-1-2-7-16(15)25-20(26)11-4-3-5-13(8-11)24-21(27)18-12-9-14-17(10-12)29-22(28)19(14)18/h1-8,12,14,17-19H,9-10H2,(H,24,27)(H,25,26)/t12-,14+,17-,18-,19+/m0/s1. The molecular formula is C22H19ClN2O4. The monoisotopic (exact) mass is 410 g/mol. The number of para-hydroxylation sites is 1. The predicted octanol–water partition coefficient (Wildman–Crippen LogP) is 3.73. The molecule has 2 aliphatic carbocycles. The summed E-state index contributed by atoms with van der Waals surface area (Å²) in [4.78, 5) is 37.6. The van der Waals surface area contributed by atoms with Crippen LogP contribution in [0.2, 0.25) is 5.02 Å². The molecule has 0 unspecified atom stereocenters. The van der Waals surface area contributed by atoms with E-state index in [0.717, 1.165) is 12.8 Å². The van der Waals surface area contributed by atoms with Gasteiger partial charge in [0.05, 0.1) is 22.5 Å². The van der Waals surface area contributed by atoms with Crippen molar-refractivity contribution in [2.24, 2.45) is 23.7 Å². The number of amides is 2. The molecule has 2 amide bonds. The van der Waals surface area contributed by atoms with Crippen LogP contribution in [0.1, 0.15) is 23.2 Å². The summed E-state index contributed by atoms with van der Waals surface area (Å²) in [6.45, 7) is 0. The molecule has 2 bridgehead atoms. The molecule has 0 radical (unpaired) electrons. The highest BCUT2D eigenvalue weighted by molar-refractivity contribution is 6.33. The van der Waals surface area contributed by atoms with Gasteiger partial charge < -0.3 is 15.4 Å². The first kappa shape index (κ1) is 18.2. The topological polar surface area (TPSA) is 84.5 Å². The maximum absolute atomic E-state index is 12.9. The van der Waals surface area contributed by atoms with Gasteiger partial charge in [0.25, 0.3) is 5.91 Å². The Kier molecular flexibility index (Phi) is 4.32. The van der Waals surface area contributed by atoms with Gasteiger partial charge >= 0.3 is 5.97 Å². The number of nitrogens with one attached hydrogen (secondary N) is 2. The smallest absolute Gasteiger partial charge is 0.310 e. The van der Waals surface area contributed by atoms with Crippen molar-refractivity contribution in [1.82, 2.24) is 0 Å². The zero-order chi connectivity index (χ0) is 20.1. The first-order valence-electron chi connectivity index (χ1n) is 9.68. The molecule has 5 rings (SSSR count). The molecule has 7 heteroatoms. The van der Waals surface area contributed by atoms with Crippen molar-refractivity contribution in [3.8, 4) is 0 Å². The molecule has 3 fully saturated rings. The van der Waals surface area contributed by atoms with Crippen LogP contribution in [0.3, 0.4) is 0 Å². The number of anilines is 2. The molecule has 1 saturated heterocycles. The van der Waals surface area contributed by atoms with Crippen molar-refractivity contribution in [1.29, 1.82) is 0 Å². The van der Waals surface area contributed by atoms with E-state index in [9.17, 15) is 14.4 Å². The van der Waals surface area contributed by atoms with Crippen molar-refractivity contribution in [2.45, 2.75) is 18.9 Å². The molecule has 3 aliphatic rings. The second-order valence-electron chi connectivity index (χ2n) is 7.93. The highest BCUT2D eigenvalue weighted by Crippen LogP contribution is 2.57. The van der Waals surface area contributed by atoms with E-state index in [2.05, 4.69) is 10.6 Å². The van der Waals surface area contributed by atoms with Crippen molar-refractivity contribution < 1.29 is 19.1 Å². The zero-order valence-electron chi connectivity index (χ0n) is 15.4. The third-order valence-corrected chi connectivity index (χ3v) is 6.63. The number of fused-ring (bicyclic) bond motifs is 1. The number of hydrogen-bond acceptors (Lipinski definition) is 4. The number of esters is 1. The zero-order valence-corrected chi connectivity index (χ0v) is 16.2. The van der Waals surface area contributed by atoms with E-state index in [4.69, 9.17) is 16.3 Å². The normalized spacial score (nSPS) is 28.9. The van der Waals surface area contributed by atoms with Crippen molar-refractivity contribution in [3.63, 3.8) is 0 Å². The molecule has 1 heterocycles. The number of hydrogen-bond donors (Lipinski definition) is 2. The van der Waals surface area contributed by atoms with Gasteiger partial charge in [-0.2, -0.15) is 0 Å². The Bertz CT molecular complexity index is 1020. The SMILES string of the molecule is O=C(Nc1ccccc1Cl)c1cccc(NC(=O)[C@H]2[C@H]3C[C@H]4[C@H]2C(=O)O[C@H]4C3)c1. The Labute approximate surface area is 172 Å². The summed E-state index contributed by atoms with van der Waals surface area (Å²) < 4.78 is 5.40. The molecule has 2 N–H and O–H groups in total. The van der Waals surface area contributed by atoms with Crippen LogP contribution in [0.25, 0.3) is 0 Å². The van der Waals surface area contributed by atoms with E-state index in [1.165, 1.54) is 0 Å². The number of rotatable bonds is 4. The second-order valence-corrected chi connectivity index (χ2v) is 8.33. The number of carbonyl (C=O) groups is 3. The predicted molar refractivity (Wildman–Crippen MR) is 108 cm³/mol. The van der Waals surface area contributed by atoms with Gasteiger partial charge in [-0.1, -0.05) is 29.8 Å². The average molecular weight is 411 g/mol. The van der Waals surface area contributed by atoms with Crippen molar-refractivity contribution in [3.05, 3.63) is 59.1 Å². The largest absolute Gasteiger partial charge is 0.462 e. The molecule has 2 aromatic carbocycles. The third kappa shape index (κ3) is 3.08. The van der Waals surface area contributed by atoms with Gasteiger partial charge in [-0.25, -0.2) is 0 Å². The van der Waals surface area contributed by atoms with Crippen molar-refractivity contribution in [2.75, 3.05) is 10.6 Å². The highest BCUT2D eigenvalue weighted by Gasteiger charge is 2.63. The minimum absolute atomic E-state index is 0.00150. The molecule has 1 aliphatic heterocycles. The number of benzene rings is 2. The van der Waals surface area contributed by atoms with Gasteiger partial charge in [0, 0.05) is 17.2 Å². The molecule has 5 atom stereocenters. The summed E-state index contributed by atoms with van der Waals surface area (Å²) in [5.74, 6) is -1.06. The number of carbonyl (C=O) groups excluding carboxylic acids is 3. The van der Waals surface area contributed by atoms with Crippen LogP contribution >= 0.6 is 11.6 Å². The Morgan fingerprint density at radius 1 is 1.03 bits per heavy atom. The first-order chi connectivity index (χ1) is 14.0. The minimum Gasteiger partial charge on any atom is -0.462 e. The molecule has 148 valence electrons. The quantitative estimate of drug-likeness (QED) is 0.752. The lowest BCUT2D eigenvalue weighted by Crippen LogP contribution is -2.35. The van der Waals surface area contributed by atoms with E-state index in [1.807, 2.05) is 0 Å². The Morgan fingerprint density at radius 2 is 1.86 bits per heavy atom. The van der Waals surface area contributed by atoms with Gasteiger partial charge in [0.15, 0.2) is 0 Å². The summed E-state index contributed by atoms with van der Waals surface area (Å²) in [6, 6.07) is 13.7. The number of halogens is 1. The van der Waals surface area contributed by atoms with Crippen LogP contribution in [-0.4, -0.2) is 23.9 Å². The summed E-state index contributed by atoms with van der Waals surface area (Å²) in [6.07, 6.45) is 1.64. The molecule has 6 nitrogen and oxygen atoms in total. The molecule has 0 aromatic heterocycles. The van der Waals surface area contributed by atoms with E-state index in [-0.39, 0.29) is 47.6 Å². The summed E-state index contributed by atoms with van der Waals surface area (Å²) >= 11 is 6.09. The fourth-order valence-corrected chi connectivity index (χ4v) is 5.27. The summed E-state index contributed by atoms with van der Waals surface area (Å²) in [7, 11) is 0. The maximum Gasteiger partial charge on any atom is 0.310 e. The molecular weight excluding hydrogens is 392 g/mol. The van der Waals surface area contributed by atoms with Gasteiger partial charge in [0.2, 0.25) is 5.91 Å². The highest BCUT2D eigenvalue weighted by atomic mass is 35.5. The van der Waals surface area contributed by atoms with Gasteiger partial charge in [-0.3, -0.25) is 14.4 Å². The van der Waals surface area contributed by atoms with Crippen LogP contribution in [0.4, 0.5) is 11.4 Å². The molecule has 2 saturated carbocycles. The van der Waals surface area contributed by atoms with Crippen molar-refractivity contribution >= 4 is 40.8 Å². The molecule has 0 spiro atoms. The maximum atomic E-state index is 12.9. The van der Waals surface area contributed by atoms with Crippen LogP contribution in [0, 0.1) is 23.7 Å². The fraction of sp³-hybridized carbons (Fsp3) is 0.318. The summed E-state index contributed by atoms with van der Waals surface area (Å²) in [5.41, 5.74) is 1.44. The van der Waals surface area contributed by atoms with Gasteiger partial charge in [-0.05, 0) is 49.1 Å². The van der Waals surface area contributed by atoms with Gasteiger partial charge in [0.1, 0.15) is 6.10 Å². The second kappa shape index (κ2) is 6.88. The van der Waals surface area contributed by atoms with E-state index >= 15 is 0 Å². The molecule has 2 aromatic rings. The lowest BCUT2D eigenvalue weighted by Gasteiger charge is -2.23. The van der Waals surface area contributed by atoms with Crippen LogP contribution in [0.15, 0.2) is 48.5 Å². The fourth-order valence-electron chi connectivity index (χ4n) is 5.08. The lowest BCUT2D eigenvalue weighted by atomic mass is 9.79. The minimum atomic E-state index is -0.355. The van der Waals surface area contributed by atoms with Crippen LogP contribution in [0.5, 0.6) is 0 Å². The van der Waals surface area contributed by atoms with Gasteiger partial charge in [-0.15, -0.1) is 0 Å². The van der Waals surface area contributed by atoms with Crippen LogP contribution in [-0.2, 0) is 14.3 Å². The van der Waals surface area contributed by atoms with E-state index < -0.39 is 0 Å².